The minimum Gasteiger partial charge on any atom is -0.480 e. The van der Waals surface area contributed by atoms with Crippen LogP contribution in [0.4, 0.5) is 11.4 Å². The second kappa shape index (κ2) is 12.2. The Hall–Kier alpha value is -2.16. The molecule has 0 spiro atoms. The first-order valence-corrected chi connectivity index (χ1v) is 8.72. The lowest BCUT2D eigenvalue weighted by molar-refractivity contribution is -0.141. The first-order valence-electron chi connectivity index (χ1n) is 8.72. The van der Waals surface area contributed by atoms with E-state index in [4.69, 9.17) is 9.84 Å². The molecule has 0 heterocycles. The molecule has 8 heteroatoms. The standard InChI is InChI=1S/C18H29N3O5/c1-3-21(10-11-22)15-7-5-14(6-8-15)20-17(23)13-16(18(24)25)19-9-4-12-26-2/h5-8,16,19,22H,3-4,9-13H2,1-2H3,(H,20,23)(H,24,25). The number of carboxylic acids is 1. The summed E-state index contributed by atoms with van der Waals surface area (Å²) in [6.45, 7) is 4.36. The lowest BCUT2D eigenvalue weighted by Gasteiger charge is -2.22. The van der Waals surface area contributed by atoms with Crippen LogP contribution >= 0.6 is 0 Å². The zero-order valence-electron chi connectivity index (χ0n) is 15.4. The number of carbonyl (C=O) groups excluding carboxylic acids is 1. The largest absolute Gasteiger partial charge is 0.480 e. The van der Waals surface area contributed by atoms with E-state index in [1.807, 2.05) is 24.0 Å². The van der Waals surface area contributed by atoms with Gasteiger partial charge in [-0.15, -0.1) is 0 Å². The van der Waals surface area contributed by atoms with Crippen molar-refractivity contribution in [2.75, 3.05) is 50.2 Å². The zero-order chi connectivity index (χ0) is 19.4. The Bertz CT molecular complexity index is 550. The van der Waals surface area contributed by atoms with Crippen molar-refractivity contribution in [2.24, 2.45) is 0 Å². The van der Waals surface area contributed by atoms with E-state index in [1.165, 1.54) is 0 Å². The number of methoxy groups -OCH3 is 1. The number of benzene rings is 1. The highest BCUT2D eigenvalue weighted by Gasteiger charge is 2.20. The number of likely N-dealkylation sites (N-methyl/N-ethyl adjacent to an activating group) is 1. The van der Waals surface area contributed by atoms with Crippen LogP contribution < -0.4 is 15.5 Å². The van der Waals surface area contributed by atoms with Gasteiger partial charge in [0.15, 0.2) is 0 Å². The van der Waals surface area contributed by atoms with Gasteiger partial charge in [-0.2, -0.15) is 0 Å². The molecule has 1 aromatic rings. The lowest BCUT2D eigenvalue weighted by Crippen LogP contribution is -2.40. The molecule has 1 rings (SSSR count). The molecule has 0 aromatic heterocycles. The molecule has 0 bridgehead atoms. The number of aliphatic carboxylic acids is 1. The van der Waals surface area contributed by atoms with Gasteiger partial charge in [0.2, 0.25) is 5.91 Å². The third-order valence-electron chi connectivity index (χ3n) is 3.87. The van der Waals surface area contributed by atoms with Crippen molar-refractivity contribution in [2.45, 2.75) is 25.8 Å². The van der Waals surface area contributed by atoms with Crippen LogP contribution in [-0.2, 0) is 14.3 Å². The molecular weight excluding hydrogens is 338 g/mol. The summed E-state index contributed by atoms with van der Waals surface area (Å²) in [5.41, 5.74) is 1.55. The number of anilines is 2. The lowest BCUT2D eigenvalue weighted by atomic mass is 10.2. The molecule has 8 nitrogen and oxygen atoms in total. The van der Waals surface area contributed by atoms with Crippen molar-refractivity contribution in [3.63, 3.8) is 0 Å². The Balaban J connectivity index is 2.55. The fraction of sp³-hybridized carbons (Fsp3) is 0.556. The molecule has 0 radical (unpaired) electrons. The van der Waals surface area contributed by atoms with Crippen molar-refractivity contribution in [1.29, 1.82) is 0 Å². The first-order chi connectivity index (χ1) is 12.5. The maximum absolute atomic E-state index is 12.1. The molecule has 146 valence electrons. The molecule has 1 aromatic carbocycles. The summed E-state index contributed by atoms with van der Waals surface area (Å²) in [6.07, 6.45) is 0.515. The summed E-state index contributed by atoms with van der Waals surface area (Å²) in [7, 11) is 1.58. The van der Waals surface area contributed by atoms with Gasteiger partial charge in [0.1, 0.15) is 6.04 Å². The van der Waals surface area contributed by atoms with Crippen molar-refractivity contribution < 1.29 is 24.5 Å². The maximum atomic E-state index is 12.1. The number of amides is 1. The van der Waals surface area contributed by atoms with Gasteiger partial charge in [0.05, 0.1) is 13.0 Å². The number of carbonyl (C=O) groups is 2. The summed E-state index contributed by atoms with van der Waals surface area (Å²) in [4.78, 5) is 25.4. The molecule has 0 aliphatic heterocycles. The van der Waals surface area contributed by atoms with E-state index in [2.05, 4.69) is 10.6 Å². The minimum absolute atomic E-state index is 0.0697. The first kappa shape index (κ1) is 21.9. The van der Waals surface area contributed by atoms with Crippen LogP contribution in [0.25, 0.3) is 0 Å². The van der Waals surface area contributed by atoms with Gasteiger partial charge in [-0.3, -0.25) is 9.59 Å². The van der Waals surface area contributed by atoms with E-state index in [9.17, 15) is 14.7 Å². The SMILES string of the molecule is CCN(CCO)c1ccc(NC(=O)CC(NCCCOC)C(=O)O)cc1. The number of nitrogens with one attached hydrogen (secondary N) is 2. The molecule has 0 aliphatic rings. The number of carboxylic acid groups (broad SMARTS) is 1. The zero-order valence-corrected chi connectivity index (χ0v) is 15.4. The smallest absolute Gasteiger partial charge is 0.321 e. The number of hydrogen-bond donors (Lipinski definition) is 4. The van der Waals surface area contributed by atoms with Gasteiger partial charge in [-0.1, -0.05) is 0 Å². The fourth-order valence-corrected chi connectivity index (χ4v) is 2.48. The van der Waals surface area contributed by atoms with Gasteiger partial charge >= 0.3 is 5.97 Å². The normalized spacial score (nSPS) is 11.8. The highest BCUT2D eigenvalue weighted by molar-refractivity contribution is 5.94. The van der Waals surface area contributed by atoms with E-state index >= 15 is 0 Å². The van der Waals surface area contributed by atoms with E-state index in [1.54, 1.807) is 19.2 Å². The van der Waals surface area contributed by atoms with Crippen LogP contribution in [-0.4, -0.2) is 68.1 Å². The average Bonchev–Trinajstić information content (AvgIpc) is 2.63. The average molecular weight is 367 g/mol. The van der Waals surface area contributed by atoms with Gasteiger partial charge in [-0.25, -0.2) is 0 Å². The monoisotopic (exact) mass is 367 g/mol. The van der Waals surface area contributed by atoms with Crippen molar-refractivity contribution in [3.05, 3.63) is 24.3 Å². The molecule has 26 heavy (non-hydrogen) atoms. The summed E-state index contributed by atoms with van der Waals surface area (Å²) in [6, 6.07) is 6.29. The van der Waals surface area contributed by atoms with Crippen LogP contribution in [0.2, 0.25) is 0 Å². The molecule has 4 N–H and O–H groups in total. The number of nitrogens with zero attached hydrogens (tertiary/aromatic N) is 1. The number of hydrogen-bond acceptors (Lipinski definition) is 6. The van der Waals surface area contributed by atoms with Crippen LogP contribution in [0.1, 0.15) is 19.8 Å². The van der Waals surface area contributed by atoms with Crippen molar-refractivity contribution in [1.82, 2.24) is 5.32 Å². The van der Waals surface area contributed by atoms with Gasteiger partial charge in [0, 0.05) is 38.2 Å². The van der Waals surface area contributed by atoms with Crippen molar-refractivity contribution in [3.8, 4) is 0 Å². The Morgan fingerprint density at radius 2 is 1.96 bits per heavy atom. The van der Waals surface area contributed by atoms with Crippen molar-refractivity contribution >= 4 is 23.3 Å². The Morgan fingerprint density at radius 1 is 1.27 bits per heavy atom. The van der Waals surface area contributed by atoms with E-state index < -0.39 is 12.0 Å². The van der Waals surface area contributed by atoms with E-state index in [0.29, 0.717) is 31.8 Å². The minimum atomic E-state index is -1.06. The number of rotatable bonds is 13. The Labute approximate surface area is 154 Å². The predicted octanol–water partition coefficient (Wildman–Crippen LogP) is 0.913. The van der Waals surface area contributed by atoms with Crippen LogP contribution in [0.3, 0.4) is 0 Å². The maximum Gasteiger partial charge on any atom is 0.321 e. The third-order valence-corrected chi connectivity index (χ3v) is 3.87. The number of ether oxygens (including phenoxy) is 1. The van der Waals surface area contributed by atoms with Crippen LogP contribution in [0.5, 0.6) is 0 Å². The van der Waals surface area contributed by atoms with Gasteiger partial charge < -0.3 is 30.5 Å². The van der Waals surface area contributed by atoms with E-state index in [-0.39, 0.29) is 18.9 Å². The van der Waals surface area contributed by atoms with Crippen LogP contribution in [0, 0.1) is 0 Å². The highest BCUT2D eigenvalue weighted by atomic mass is 16.5. The second-order valence-corrected chi connectivity index (χ2v) is 5.79. The molecule has 0 saturated heterocycles. The summed E-state index contributed by atoms with van der Waals surface area (Å²) >= 11 is 0. The second-order valence-electron chi connectivity index (χ2n) is 5.79. The summed E-state index contributed by atoms with van der Waals surface area (Å²) in [5.74, 6) is -1.43. The quantitative estimate of drug-likeness (QED) is 0.384. The highest BCUT2D eigenvalue weighted by Crippen LogP contribution is 2.18. The fourth-order valence-electron chi connectivity index (χ4n) is 2.48. The molecule has 1 amide bonds. The van der Waals surface area contributed by atoms with E-state index in [0.717, 1.165) is 12.2 Å². The Kier molecular flexibility index (Phi) is 10.3. The molecule has 1 unspecified atom stereocenters. The summed E-state index contributed by atoms with van der Waals surface area (Å²) < 4.78 is 4.91. The Morgan fingerprint density at radius 3 is 2.50 bits per heavy atom. The molecule has 1 atom stereocenters. The third kappa shape index (κ3) is 7.81. The van der Waals surface area contributed by atoms with Crippen LogP contribution in [0.15, 0.2) is 24.3 Å². The molecular formula is C18H29N3O5. The van der Waals surface area contributed by atoms with Gasteiger partial charge in [0.25, 0.3) is 0 Å². The number of aliphatic hydroxyl groups excluding tert-OH is 1. The molecule has 0 aliphatic carbocycles. The predicted molar refractivity (Wildman–Crippen MR) is 101 cm³/mol. The number of aliphatic hydroxyl groups is 1. The molecule has 0 fully saturated rings. The summed E-state index contributed by atoms with van der Waals surface area (Å²) in [5, 5.41) is 23.8. The molecule has 0 saturated carbocycles. The topological polar surface area (TPSA) is 111 Å². The van der Waals surface area contributed by atoms with Gasteiger partial charge in [-0.05, 0) is 44.2 Å².